The second kappa shape index (κ2) is 5.81. The lowest BCUT2D eigenvalue weighted by Gasteiger charge is -2.12. The van der Waals surface area contributed by atoms with Gasteiger partial charge in [-0.25, -0.2) is 0 Å². The lowest BCUT2D eigenvalue weighted by molar-refractivity contribution is 0.0966. The highest BCUT2D eigenvalue weighted by molar-refractivity contribution is 5.99. The van der Waals surface area contributed by atoms with Gasteiger partial charge in [0.25, 0.3) is 5.91 Å². The van der Waals surface area contributed by atoms with Crippen molar-refractivity contribution in [2.24, 2.45) is 0 Å². The molecule has 4 rings (SSSR count). The van der Waals surface area contributed by atoms with Crippen LogP contribution in [0.2, 0.25) is 0 Å². The number of carbonyl (C=O) groups excluding carboxylic acids is 1. The van der Waals surface area contributed by atoms with E-state index in [1.807, 2.05) is 55.5 Å². The minimum atomic E-state index is -0.169. The van der Waals surface area contributed by atoms with Crippen molar-refractivity contribution in [2.75, 3.05) is 5.32 Å². The van der Waals surface area contributed by atoms with E-state index in [0.717, 1.165) is 16.8 Å². The van der Waals surface area contributed by atoms with Crippen molar-refractivity contribution in [3.8, 4) is 11.5 Å². The Kier molecular flexibility index (Phi) is 3.49. The summed E-state index contributed by atoms with van der Waals surface area (Å²) in [5, 5.41) is 14.3. The fourth-order valence-electron chi connectivity index (χ4n) is 2.72. The quantitative estimate of drug-likeness (QED) is 0.772. The van der Waals surface area contributed by atoms with Gasteiger partial charge in [-0.05, 0) is 36.8 Å². The molecule has 6 heteroatoms. The normalized spacial score (nSPS) is 14.1. The molecule has 0 saturated carbocycles. The van der Waals surface area contributed by atoms with Gasteiger partial charge in [-0.2, -0.15) is 0 Å². The average molecular weight is 320 g/mol. The van der Waals surface area contributed by atoms with Crippen molar-refractivity contribution in [3.05, 3.63) is 65.5 Å². The summed E-state index contributed by atoms with van der Waals surface area (Å²) in [6.45, 7) is 2.53. The first-order chi connectivity index (χ1) is 11.7. The van der Waals surface area contributed by atoms with Crippen LogP contribution in [0.25, 0.3) is 11.5 Å². The first kappa shape index (κ1) is 14.4. The maximum Gasteiger partial charge on any atom is 0.251 e. The van der Waals surface area contributed by atoms with E-state index in [0.29, 0.717) is 23.9 Å². The molecule has 1 amide bonds. The number of benzene rings is 2. The summed E-state index contributed by atoms with van der Waals surface area (Å²) in [7, 11) is 0. The zero-order chi connectivity index (χ0) is 16.5. The minimum absolute atomic E-state index is 0.0366. The molecule has 2 heterocycles. The second-order valence-corrected chi connectivity index (χ2v) is 5.73. The molecule has 2 N–H and O–H groups in total. The van der Waals surface area contributed by atoms with E-state index in [1.54, 1.807) is 0 Å². The summed E-state index contributed by atoms with van der Waals surface area (Å²) in [6.07, 6.45) is 0. The molecule has 1 unspecified atom stereocenters. The number of carbonyl (C=O) groups is 1. The van der Waals surface area contributed by atoms with Gasteiger partial charge >= 0.3 is 0 Å². The standard InChI is InChI=1S/C18H16N4O2/c1-11(17-21-22-18(24-17)12-5-3-2-4-6-12)20-14-8-7-13-10-19-16(23)15(13)9-14/h2-9,11,20H,10H2,1H3,(H,19,23). The van der Waals surface area contributed by atoms with Crippen LogP contribution in [0.15, 0.2) is 52.9 Å². The van der Waals surface area contributed by atoms with Gasteiger partial charge in [0, 0.05) is 23.4 Å². The van der Waals surface area contributed by atoms with Gasteiger partial charge in [0.1, 0.15) is 6.04 Å². The molecule has 0 fully saturated rings. The average Bonchev–Trinajstić information content (AvgIpc) is 3.24. The summed E-state index contributed by atoms with van der Waals surface area (Å²) in [5.74, 6) is 0.955. The number of fused-ring (bicyclic) bond motifs is 1. The summed E-state index contributed by atoms with van der Waals surface area (Å²) in [6, 6.07) is 15.2. The Morgan fingerprint density at radius 1 is 1.17 bits per heavy atom. The van der Waals surface area contributed by atoms with Crippen LogP contribution in [0.3, 0.4) is 0 Å². The van der Waals surface area contributed by atoms with E-state index in [2.05, 4.69) is 20.8 Å². The van der Waals surface area contributed by atoms with Gasteiger partial charge in [-0.1, -0.05) is 24.3 Å². The molecule has 0 aliphatic carbocycles. The van der Waals surface area contributed by atoms with Crippen molar-refractivity contribution in [2.45, 2.75) is 19.5 Å². The number of hydrogen-bond donors (Lipinski definition) is 2. The van der Waals surface area contributed by atoms with Gasteiger partial charge in [-0.15, -0.1) is 10.2 Å². The molecule has 0 saturated heterocycles. The van der Waals surface area contributed by atoms with E-state index in [4.69, 9.17) is 4.42 Å². The molecule has 2 aromatic carbocycles. The van der Waals surface area contributed by atoms with E-state index in [1.165, 1.54) is 0 Å². The van der Waals surface area contributed by atoms with E-state index in [9.17, 15) is 4.79 Å². The fourth-order valence-corrected chi connectivity index (χ4v) is 2.72. The monoisotopic (exact) mass is 320 g/mol. The van der Waals surface area contributed by atoms with E-state index >= 15 is 0 Å². The Morgan fingerprint density at radius 2 is 2.00 bits per heavy atom. The Morgan fingerprint density at radius 3 is 2.83 bits per heavy atom. The SMILES string of the molecule is CC(Nc1ccc2c(c1)C(=O)NC2)c1nnc(-c2ccccc2)o1. The Hall–Kier alpha value is -3.15. The zero-order valence-corrected chi connectivity index (χ0v) is 13.1. The van der Waals surface area contributed by atoms with Gasteiger partial charge in [-0.3, -0.25) is 4.79 Å². The van der Waals surface area contributed by atoms with Crippen LogP contribution in [0.5, 0.6) is 0 Å². The molecular weight excluding hydrogens is 304 g/mol. The second-order valence-electron chi connectivity index (χ2n) is 5.73. The zero-order valence-electron chi connectivity index (χ0n) is 13.1. The first-order valence-corrected chi connectivity index (χ1v) is 7.77. The van der Waals surface area contributed by atoms with Crippen LogP contribution in [0.1, 0.15) is 34.8 Å². The van der Waals surface area contributed by atoms with Gasteiger partial charge in [0.15, 0.2) is 0 Å². The van der Waals surface area contributed by atoms with Crippen molar-refractivity contribution in [3.63, 3.8) is 0 Å². The van der Waals surface area contributed by atoms with Crippen molar-refractivity contribution in [1.82, 2.24) is 15.5 Å². The Bertz CT molecular complexity index is 889. The lowest BCUT2D eigenvalue weighted by Crippen LogP contribution is -2.12. The van der Waals surface area contributed by atoms with Gasteiger partial charge < -0.3 is 15.1 Å². The maximum absolute atomic E-state index is 11.8. The molecule has 1 aromatic heterocycles. The number of aromatic nitrogens is 2. The van der Waals surface area contributed by atoms with Gasteiger partial charge in [0.05, 0.1) is 0 Å². The van der Waals surface area contributed by atoms with E-state index in [-0.39, 0.29) is 11.9 Å². The van der Waals surface area contributed by atoms with Crippen LogP contribution in [0.4, 0.5) is 5.69 Å². The molecule has 120 valence electrons. The summed E-state index contributed by atoms with van der Waals surface area (Å²) < 4.78 is 5.75. The first-order valence-electron chi connectivity index (χ1n) is 7.77. The third kappa shape index (κ3) is 2.62. The minimum Gasteiger partial charge on any atom is -0.418 e. The highest BCUT2D eigenvalue weighted by Crippen LogP contribution is 2.25. The summed E-state index contributed by atoms with van der Waals surface area (Å²) in [4.78, 5) is 11.8. The largest absolute Gasteiger partial charge is 0.418 e. The lowest BCUT2D eigenvalue weighted by atomic mass is 10.1. The molecule has 24 heavy (non-hydrogen) atoms. The molecule has 0 bridgehead atoms. The fraction of sp³-hybridized carbons (Fsp3) is 0.167. The van der Waals surface area contributed by atoms with Crippen molar-refractivity contribution < 1.29 is 9.21 Å². The Balaban J connectivity index is 1.53. The molecule has 6 nitrogen and oxygen atoms in total. The molecule has 1 atom stereocenters. The number of nitrogens with one attached hydrogen (secondary N) is 2. The Labute approximate surface area is 138 Å². The van der Waals surface area contributed by atoms with Crippen LogP contribution in [-0.2, 0) is 6.54 Å². The molecule has 0 radical (unpaired) electrons. The van der Waals surface area contributed by atoms with Crippen molar-refractivity contribution >= 4 is 11.6 Å². The molecule has 1 aliphatic heterocycles. The highest BCUT2D eigenvalue weighted by atomic mass is 16.4. The van der Waals surface area contributed by atoms with Crippen LogP contribution < -0.4 is 10.6 Å². The number of amides is 1. The topological polar surface area (TPSA) is 80.0 Å². The van der Waals surface area contributed by atoms with Crippen molar-refractivity contribution in [1.29, 1.82) is 0 Å². The van der Waals surface area contributed by atoms with Crippen LogP contribution in [0, 0.1) is 0 Å². The predicted octanol–water partition coefficient (Wildman–Crippen LogP) is 3.15. The highest BCUT2D eigenvalue weighted by Gasteiger charge is 2.20. The smallest absolute Gasteiger partial charge is 0.251 e. The summed E-state index contributed by atoms with van der Waals surface area (Å²) in [5.41, 5.74) is 3.46. The third-order valence-electron chi connectivity index (χ3n) is 4.01. The number of hydrogen-bond acceptors (Lipinski definition) is 5. The molecule has 1 aliphatic rings. The number of anilines is 1. The molecular formula is C18H16N4O2. The predicted molar refractivity (Wildman–Crippen MR) is 89.4 cm³/mol. The third-order valence-corrected chi connectivity index (χ3v) is 4.01. The molecule has 3 aromatic rings. The number of rotatable bonds is 4. The summed E-state index contributed by atoms with van der Waals surface area (Å²) >= 11 is 0. The van der Waals surface area contributed by atoms with Crippen LogP contribution >= 0.6 is 0 Å². The van der Waals surface area contributed by atoms with E-state index < -0.39 is 0 Å². The van der Waals surface area contributed by atoms with Crippen LogP contribution in [-0.4, -0.2) is 16.1 Å². The maximum atomic E-state index is 11.8. The number of nitrogens with zero attached hydrogens (tertiary/aromatic N) is 2. The van der Waals surface area contributed by atoms with Gasteiger partial charge in [0.2, 0.25) is 11.8 Å². The molecule has 0 spiro atoms.